The summed E-state index contributed by atoms with van der Waals surface area (Å²) in [6.45, 7) is 7.11. The highest BCUT2D eigenvalue weighted by molar-refractivity contribution is 5.94. The number of benzene rings is 1. The topological polar surface area (TPSA) is 66.6 Å². The Kier molecular flexibility index (Phi) is 3.57. The molecule has 0 atom stereocenters. The third kappa shape index (κ3) is 2.48. The first kappa shape index (κ1) is 12.9. The molecule has 0 saturated heterocycles. The van der Waals surface area contributed by atoms with Gasteiger partial charge >= 0.3 is 5.97 Å². The molecule has 2 rings (SSSR count). The van der Waals surface area contributed by atoms with Crippen molar-refractivity contribution in [1.29, 1.82) is 0 Å². The summed E-state index contributed by atoms with van der Waals surface area (Å²) in [5.74, 6) is -0.267. The van der Waals surface area contributed by atoms with Crippen LogP contribution in [-0.2, 0) is 13.1 Å². The number of nitrogen functional groups attached to an aromatic ring is 1. The van der Waals surface area contributed by atoms with E-state index in [9.17, 15) is 4.79 Å². The number of nitrogens with two attached hydrogens (primary N) is 1. The minimum absolute atomic E-state index is 0.222. The van der Waals surface area contributed by atoms with Crippen LogP contribution in [0.4, 0.5) is 5.69 Å². The number of carboxylic acids is 1. The van der Waals surface area contributed by atoms with Crippen LogP contribution in [0.2, 0.25) is 0 Å². The fraction of sp³-hybridized carbons (Fsp3) is 0.500. The van der Waals surface area contributed by atoms with E-state index < -0.39 is 5.97 Å². The molecular formula is C14H20N2O2. The molecule has 1 aliphatic heterocycles. The highest BCUT2D eigenvalue weighted by Crippen LogP contribution is 2.30. The van der Waals surface area contributed by atoms with Crippen LogP contribution in [0.25, 0.3) is 0 Å². The van der Waals surface area contributed by atoms with E-state index in [0.29, 0.717) is 11.6 Å². The van der Waals surface area contributed by atoms with Crippen LogP contribution in [0.5, 0.6) is 0 Å². The molecule has 1 aromatic carbocycles. The first-order chi connectivity index (χ1) is 8.49. The second-order valence-corrected chi connectivity index (χ2v) is 5.36. The van der Waals surface area contributed by atoms with Crippen LogP contribution in [0.15, 0.2) is 12.1 Å². The van der Waals surface area contributed by atoms with Crippen molar-refractivity contribution < 1.29 is 9.90 Å². The Balaban J connectivity index is 2.15. The standard InChI is InChI=1S/C14H20N2O2/c1-9(2)5-6-16-7-10-3-4-11(14(17)18)13(15)12(10)8-16/h3-4,9H,5-8,15H2,1-2H3,(H,17,18). The molecule has 4 heteroatoms. The zero-order valence-corrected chi connectivity index (χ0v) is 10.9. The summed E-state index contributed by atoms with van der Waals surface area (Å²) in [5.41, 5.74) is 8.77. The van der Waals surface area contributed by atoms with E-state index in [4.69, 9.17) is 10.8 Å². The van der Waals surface area contributed by atoms with Gasteiger partial charge in [0.15, 0.2) is 0 Å². The molecule has 1 aromatic rings. The smallest absolute Gasteiger partial charge is 0.337 e. The van der Waals surface area contributed by atoms with Gasteiger partial charge in [0.25, 0.3) is 0 Å². The minimum Gasteiger partial charge on any atom is -0.478 e. The molecule has 0 amide bonds. The number of carboxylic acid groups (broad SMARTS) is 1. The SMILES string of the molecule is CC(C)CCN1Cc2ccc(C(=O)O)c(N)c2C1. The van der Waals surface area contributed by atoms with Gasteiger partial charge in [-0.3, -0.25) is 4.90 Å². The monoisotopic (exact) mass is 248 g/mol. The number of hydrogen-bond acceptors (Lipinski definition) is 3. The largest absolute Gasteiger partial charge is 0.478 e. The maximum atomic E-state index is 11.0. The summed E-state index contributed by atoms with van der Waals surface area (Å²) in [7, 11) is 0. The predicted octanol–water partition coefficient (Wildman–Crippen LogP) is 2.33. The minimum atomic E-state index is -0.948. The van der Waals surface area contributed by atoms with Crippen LogP contribution < -0.4 is 5.73 Å². The highest BCUT2D eigenvalue weighted by atomic mass is 16.4. The molecule has 98 valence electrons. The number of fused-ring (bicyclic) bond motifs is 1. The van der Waals surface area contributed by atoms with E-state index >= 15 is 0 Å². The lowest BCUT2D eigenvalue weighted by atomic mass is 10.0. The molecule has 1 heterocycles. The van der Waals surface area contributed by atoms with E-state index in [1.807, 2.05) is 6.07 Å². The zero-order chi connectivity index (χ0) is 13.3. The number of nitrogens with zero attached hydrogens (tertiary/aromatic N) is 1. The molecule has 0 saturated carbocycles. The van der Waals surface area contributed by atoms with Gasteiger partial charge in [0.2, 0.25) is 0 Å². The van der Waals surface area contributed by atoms with E-state index in [1.54, 1.807) is 6.07 Å². The summed E-state index contributed by atoms with van der Waals surface area (Å²) in [6, 6.07) is 3.51. The zero-order valence-electron chi connectivity index (χ0n) is 10.9. The maximum absolute atomic E-state index is 11.0. The Morgan fingerprint density at radius 3 is 2.78 bits per heavy atom. The van der Waals surface area contributed by atoms with Gasteiger partial charge in [-0.2, -0.15) is 0 Å². The molecule has 0 aliphatic carbocycles. The molecule has 0 spiro atoms. The van der Waals surface area contributed by atoms with Gasteiger partial charge in [-0.1, -0.05) is 19.9 Å². The number of carbonyl (C=O) groups is 1. The van der Waals surface area contributed by atoms with Crippen molar-refractivity contribution in [2.24, 2.45) is 5.92 Å². The fourth-order valence-corrected chi connectivity index (χ4v) is 2.35. The van der Waals surface area contributed by atoms with Crippen LogP contribution in [0.1, 0.15) is 41.8 Å². The van der Waals surface area contributed by atoms with Crippen molar-refractivity contribution in [3.8, 4) is 0 Å². The number of aromatic carboxylic acids is 1. The Bertz CT molecular complexity index is 469. The van der Waals surface area contributed by atoms with Crippen LogP contribution in [0.3, 0.4) is 0 Å². The molecule has 0 bridgehead atoms. The first-order valence-electron chi connectivity index (χ1n) is 6.35. The normalized spacial score (nSPS) is 15.1. The molecule has 4 nitrogen and oxygen atoms in total. The second kappa shape index (κ2) is 4.98. The van der Waals surface area contributed by atoms with Gasteiger partial charge in [0, 0.05) is 13.1 Å². The average molecular weight is 248 g/mol. The Hall–Kier alpha value is -1.55. The number of anilines is 1. The Labute approximate surface area is 107 Å². The van der Waals surface area contributed by atoms with Crippen molar-refractivity contribution in [3.05, 3.63) is 28.8 Å². The Morgan fingerprint density at radius 1 is 1.44 bits per heavy atom. The van der Waals surface area contributed by atoms with Gasteiger partial charge in [-0.15, -0.1) is 0 Å². The third-order valence-electron chi connectivity index (χ3n) is 3.48. The van der Waals surface area contributed by atoms with Gasteiger partial charge in [-0.05, 0) is 36.1 Å². The van der Waals surface area contributed by atoms with E-state index in [0.717, 1.165) is 31.6 Å². The van der Waals surface area contributed by atoms with E-state index in [2.05, 4.69) is 18.7 Å². The van der Waals surface area contributed by atoms with Crippen LogP contribution in [0, 0.1) is 5.92 Å². The Morgan fingerprint density at radius 2 is 2.17 bits per heavy atom. The van der Waals surface area contributed by atoms with Gasteiger partial charge in [0.05, 0.1) is 11.3 Å². The number of hydrogen-bond donors (Lipinski definition) is 2. The van der Waals surface area contributed by atoms with Crippen molar-refractivity contribution in [3.63, 3.8) is 0 Å². The lowest BCUT2D eigenvalue weighted by Gasteiger charge is -2.15. The summed E-state index contributed by atoms with van der Waals surface area (Å²) in [6.07, 6.45) is 1.15. The summed E-state index contributed by atoms with van der Waals surface area (Å²) >= 11 is 0. The maximum Gasteiger partial charge on any atom is 0.337 e. The van der Waals surface area contributed by atoms with Gasteiger partial charge in [0.1, 0.15) is 0 Å². The molecule has 0 radical (unpaired) electrons. The molecular weight excluding hydrogens is 228 g/mol. The molecule has 3 N–H and O–H groups in total. The van der Waals surface area contributed by atoms with Crippen LogP contribution in [-0.4, -0.2) is 22.5 Å². The van der Waals surface area contributed by atoms with Crippen molar-refractivity contribution in [2.75, 3.05) is 12.3 Å². The molecule has 1 aliphatic rings. The van der Waals surface area contributed by atoms with Gasteiger partial charge in [-0.25, -0.2) is 4.79 Å². The van der Waals surface area contributed by atoms with E-state index in [-0.39, 0.29) is 5.56 Å². The highest BCUT2D eigenvalue weighted by Gasteiger charge is 2.23. The first-order valence-corrected chi connectivity index (χ1v) is 6.35. The predicted molar refractivity (Wildman–Crippen MR) is 71.4 cm³/mol. The summed E-state index contributed by atoms with van der Waals surface area (Å²) in [5, 5.41) is 9.05. The quantitative estimate of drug-likeness (QED) is 0.802. The molecule has 0 aromatic heterocycles. The van der Waals surface area contributed by atoms with Crippen molar-refractivity contribution in [1.82, 2.24) is 4.90 Å². The van der Waals surface area contributed by atoms with Gasteiger partial charge < -0.3 is 10.8 Å². The van der Waals surface area contributed by atoms with Crippen molar-refractivity contribution >= 4 is 11.7 Å². The average Bonchev–Trinajstić information content (AvgIpc) is 2.70. The fourth-order valence-electron chi connectivity index (χ4n) is 2.35. The van der Waals surface area contributed by atoms with Crippen molar-refractivity contribution in [2.45, 2.75) is 33.4 Å². The molecule has 0 unspecified atom stereocenters. The second-order valence-electron chi connectivity index (χ2n) is 5.36. The lowest BCUT2D eigenvalue weighted by molar-refractivity contribution is 0.0698. The van der Waals surface area contributed by atoms with Crippen LogP contribution >= 0.6 is 0 Å². The molecule has 18 heavy (non-hydrogen) atoms. The molecule has 0 fully saturated rings. The summed E-state index contributed by atoms with van der Waals surface area (Å²) in [4.78, 5) is 13.4. The van der Waals surface area contributed by atoms with E-state index in [1.165, 1.54) is 5.56 Å². The summed E-state index contributed by atoms with van der Waals surface area (Å²) < 4.78 is 0. The lowest BCUT2D eigenvalue weighted by Crippen LogP contribution is -2.19. The third-order valence-corrected chi connectivity index (χ3v) is 3.48. The number of rotatable bonds is 4.